The summed E-state index contributed by atoms with van der Waals surface area (Å²) in [6.07, 6.45) is 16.0. The summed E-state index contributed by atoms with van der Waals surface area (Å²) in [4.78, 5) is 7.51. The molecule has 2 saturated carbocycles. The van der Waals surface area contributed by atoms with Crippen LogP contribution in [0.25, 0.3) is 0 Å². The van der Waals surface area contributed by atoms with Crippen LogP contribution < -0.4 is 11.5 Å². The van der Waals surface area contributed by atoms with Crippen molar-refractivity contribution in [3.05, 3.63) is 24.4 Å². The Kier molecular flexibility index (Phi) is 9.64. The molecule has 33 heavy (non-hydrogen) atoms. The van der Waals surface area contributed by atoms with E-state index >= 15 is 0 Å². The Hall–Kier alpha value is -1.13. The molecule has 188 valence electrons. The van der Waals surface area contributed by atoms with Gasteiger partial charge >= 0.3 is 0 Å². The van der Waals surface area contributed by atoms with E-state index in [0.717, 1.165) is 66.6 Å². The van der Waals surface area contributed by atoms with E-state index < -0.39 is 5.66 Å². The van der Waals surface area contributed by atoms with Gasteiger partial charge in [0.15, 0.2) is 0 Å². The van der Waals surface area contributed by atoms with Crippen LogP contribution in [-0.2, 0) is 0 Å². The molecular formula is C29H52N4. The van der Waals surface area contributed by atoms with Crippen LogP contribution in [0.3, 0.4) is 0 Å². The first kappa shape index (κ1) is 26.5. The molecule has 3 rings (SSSR count). The van der Waals surface area contributed by atoms with Gasteiger partial charge in [0.2, 0.25) is 0 Å². The number of hydrogen-bond donors (Lipinski definition) is 2. The van der Waals surface area contributed by atoms with Crippen molar-refractivity contribution in [3.8, 4) is 0 Å². The van der Waals surface area contributed by atoms with Gasteiger partial charge in [-0.25, -0.2) is 0 Å². The molecule has 2 aliphatic carbocycles. The highest BCUT2D eigenvalue weighted by Gasteiger charge is 2.33. The van der Waals surface area contributed by atoms with Crippen molar-refractivity contribution < 1.29 is 0 Å². The van der Waals surface area contributed by atoms with Crippen LogP contribution >= 0.6 is 0 Å². The van der Waals surface area contributed by atoms with Crippen LogP contribution in [0.15, 0.2) is 29.4 Å². The molecule has 4 heteroatoms. The first-order valence-electron chi connectivity index (χ1n) is 14.0. The molecule has 0 bridgehead atoms. The predicted octanol–water partition coefficient (Wildman–Crippen LogP) is 6.42. The van der Waals surface area contributed by atoms with Gasteiger partial charge in [-0.1, -0.05) is 59.1 Å². The highest BCUT2D eigenvalue weighted by molar-refractivity contribution is 6.03. The third-order valence-corrected chi connectivity index (χ3v) is 8.87. The van der Waals surface area contributed by atoms with Gasteiger partial charge in [-0.3, -0.25) is 4.99 Å². The second kappa shape index (κ2) is 12.0. The molecule has 0 aromatic heterocycles. The first-order valence-corrected chi connectivity index (χ1v) is 14.0. The molecule has 0 aromatic carbocycles. The first-order chi connectivity index (χ1) is 15.7. The summed E-state index contributed by atoms with van der Waals surface area (Å²) in [5.41, 5.74) is 15.7. The Morgan fingerprint density at radius 3 is 2.33 bits per heavy atom. The fourth-order valence-corrected chi connectivity index (χ4v) is 6.99. The number of hydrogen-bond acceptors (Lipinski definition) is 4. The van der Waals surface area contributed by atoms with Crippen LogP contribution in [0.1, 0.15) is 104 Å². The molecule has 5 atom stereocenters. The van der Waals surface area contributed by atoms with Crippen molar-refractivity contribution in [2.75, 3.05) is 13.1 Å². The van der Waals surface area contributed by atoms with Crippen LogP contribution in [0.4, 0.5) is 0 Å². The van der Waals surface area contributed by atoms with E-state index in [9.17, 15) is 0 Å². The molecule has 3 aliphatic rings. The van der Waals surface area contributed by atoms with E-state index in [-0.39, 0.29) is 0 Å². The Labute approximate surface area is 204 Å². The summed E-state index contributed by atoms with van der Waals surface area (Å²) in [5.74, 6) is 3.15. The zero-order valence-corrected chi connectivity index (χ0v) is 22.0. The average Bonchev–Trinajstić information content (AvgIpc) is 3.15. The van der Waals surface area contributed by atoms with E-state index in [1.54, 1.807) is 0 Å². The van der Waals surface area contributed by atoms with Gasteiger partial charge in [0, 0.05) is 36.1 Å². The van der Waals surface area contributed by atoms with Gasteiger partial charge < -0.3 is 16.4 Å². The number of likely N-dealkylation sites (tertiary alicyclic amines) is 1. The zero-order chi connectivity index (χ0) is 24.0. The standard InChI is InChI=1S/C29H52N4/c1-6-23-17-26(19-27(30)18-23)25-13-10-15-33(16-14-25)22(4)21(3)28(7-2)32-29(5,31)20-24-11-8-9-12-24/h23-27H,3-4,6-20,30-31H2,1-2,5H3. The van der Waals surface area contributed by atoms with Gasteiger partial charge in [0.1, 0.15) is 5.66 Å². The van der Waals surface area contributed by atoms with Crippen molar-refractivity contribution in [3.63, 3.8) is 0 Å². The highest BCUT2D eigenvalue weighted by Crippen LogP contribution is 2.39. The van der Waals surface area contributed by atoms with Crippen LogP contribution in [0, 0.1) is 23.7 Å². The monoisotopic (exact) mass is 456 g/mol. The minimum Gasteiger partial charge on any atom is -0.371 e. The summed E-state index contributed by atoms with van der Waals surface area (Å²) in [5, 5.41) is 0. The lowest BCUT2D eigenvalue weighted by atomic mass is 9.70. The van der Waals surface area contributed by atoms with Gasteiger partial charge in [-0.15, -0.1) is 0 Å². The fourth-order valence-electron chi connectivity index (χ4n) is 6.99. The minimum atomic E-state index is -0.511. The van der Waals surface area contributed by atoms with Gasteiger partial charge in [0.05, 0.1) is 0 Å². The molecule has 0 aromatic rings. The maximum Gasteiger partial charge on any atom is 0.105 e. The second-order valence-electron chi connectivity index (χ2n) is 11.7. The number of allylic oxidation sites excluding steroid dienone is 1. The minimum absolute atomic E-state index is 0.404. The lowest BCUT2D eigenvalue weighted by Gasteiger charge is -2.37. The smallest absolute Gasteiger partial charge is 0.105 e. The summed E-state index contributed by atoms with van der Waals surface area (Å²) >= 11 is 0. The van der Waals surface area contributed by atoms with Gasteiger partial charge in [0.25, 0.3) is 0 Å². The molecule has 1 aliphatic heterocycles. The largest absolute Gasteiger partial charge is 0.371 e. The summed E-state index contributed by atoms with van der Waals surface area (Å²) in [6.45, 7) is 17.7. The zero-order valence-electron chi connectivity index (χ0n) is 22.0. The van der Waals surface area contributed by atoms with E-state index in [4.69, 9.17) is 16.5 Å². The molecule has 3 fully saturated rings. The Morgan fingerprint density at radius 2 is 1.67 bits per heavy atom. The molecule has 4 nitrogen and oxygen atoms in total. The molecule has 1 heterocycles. The molecule has 0 amide bonds. The molecule has 5 unspecified atom stereocenters. The molecule has 0 spiro atoms. The van der Waals surface area contributed by atoms with Crippen LogP contribution in [-0.4, -0.2) is 35.4 Å². The quantitative estimate of drug-likeness (QED) is 0.311. The molecule has 1 saturated heterocycles. The van der Waals surface area contributed by atoms with E-state index in [1.165, 1.54) is 70.6 Å². The van der Waals surface area contributed by atoms with Gasteiger partial charge in [-0.05, 0) is 82.0 Å². The average molecular weight is 457 g/mol. The van der Waals surface area contributed by atoms with Crippen molar-refractivity contribution in [1.82, 2.24) is 4.90 Å². The van der Waals surface area contributed by atoms with Crippen molar-refractivity contribution in [2.24, 2.45) is 40.1 Å². The Bertz CT molecular complexity index is 688. The van der Waals surface area contributed by atoms with Crippen LogP contribution in [0.5, 0.6) is 0 Å². The second-order valence-corrected chi connectivity index (χ2v) is 11.7. The number of aliphatic imine (C=N–C) groups is 1. The summed E-state index contributed by atoms with van der Waals surface area (Å²) < 4.78 is 0. The fraction of sp³-hybridized carbons (Fsp3) is 0.828. The van der Waals surface area contributed by atoms with Crippen molar-refractivity contribution >= 4 is 5.71 Å². The Morgan fingerprint density at radius 1 is 0.939 bits per heavy atom. The van der Waals surface area contributed by atoms with E-state index in [1.807, 2.05) is 0 Å². The third-order valence-electron chi connectivity index (χ3n) is 8.87. The Balaban J connectivity index is 1.59. The third kappa shape index (κ3) is 7.42. The SMILES string of the molecule is C=C(C(=C)N1CCCC(C2CC(N)CC(CC)C2)CC1)C(CC)=NC(C)(N)CC1CCCC1. The normalized spacial score (nSPS) is 31.8. The van der Waals surface area contributed by atoms with Crippen molar-refractivity contribution in [2.45, 2.75) is 116 Å². The lowest BCUT2D eigenvalue weighted by molar-refractivity contribution is 0.161. The highest BCUT2D eigenvalue weighted by atomic mass is 15.1. The summed E-state index contributed by atoms with van der Waals surface area (Å²) in [7, 11) is 0. The molecular weight excluding hydrogens is 404 g/mol. The predicted molar refractivity (Wildman–Crippen MR) is 143 cm³/mol. The lowest BCUT2D eigenvalue weighted by Crippen LogP contribution is -2.37. The van der Waals surface area contributed by atoms with Crippen LogP contribution in [0.2, 0.25) is 0 Å². The molecule has 0 radical (unpaired) electrons. The van der Waals surface area contributed by atoms with Crippen molar-refractivity contribution in [1.29, 1.82) is 0 Å². The summed E-state index contributed by atoms with van der Waals surface area (Å²) in [6, 6.07) is 0.404. The maximum absolute atomic E-state index is 6.67. The molecule has 4 N–H and O–H groups in total. The number of rotatable bonds is 9. The number of nitrogens with two attached hydrogens (primary N) is 2. The van der Waals surface area contributed by atoms with Gasteiger partial charge in [-0.2, -0.15) is 0 Å². The number of nitrogens with zero attached hydrogens (tertiary/aromatic N) is 2. The van der Waals surface area contributed by atoms with E-state index in [2.05, 4.69) is 38.8 Å². The topological polar surface area (TPSA) is 67.6 Å². The maximum atomic E-state index is 6.67. The van der Waals surface area contributed by atoms with E-state index in [0.29, 0.717) is 6.04 Å².